The lowest BCUT2D eigenvalue weighted by Crippen LogP contribution is -2.31. The molecule has 1 aliphatic rings. The molecule has 0 aliphatic carbocycles. The molecule has 0 atom stereocenters. The fraction of sp³-hybridized carbons (Fsp3) is 0.222. The zero-order valence-corrected chi connectivity index (χ0v) is 13.8. The zero-order chi connectivity index (χ0) is 19.0. The molecule has 26 heavy (non-hydrogen) atoms. The van der Waals surface area contributed by atoms with E-state index in [-0.39, 0.29) is 39.6 Å². The topological polar surface area (TPSA) is 121 Å². The van der Waals surface area contributed by atoms with E-state index in [0.717, 1.165) is 11.0 Å². The highest BCUT2D eigenvalue weighted by Crippen LogP contribution is 2.34. The van der Waals surface area contributed by atoms with Crippen LogP contribution in [0.2, 0.25) is 0 Å². The molecule has 2 aromatic rings. The van der Waals surface area contributed by atoms with Crippen molar-refractivity contribution < 1.29 is 34.1 Å². The molecule has 0 fully saturated rings. The van der Waals surface area contributed by atoms with Crippen molar-refractivity contribution in [2.45, 2.75) is 6.42 Å². The van der Waals surface area contributed by atoms with Gasteiger partial charge in [0.05, 0.1) is 22.3 Å². The first kappa shape index (κ1) is 17.6. The molecule has 0 radical (unpaired) electrons. The monoisotopic (exact) mass is 357 g/mol. The van der Waals surface area contributed by atoms with Gasteiger partial charge in [0.1, 0.15) is 0 Å². The number of ether oxygens (including phenoxy) is 1. The zero-order valence-electron chi connectivity index (χ0n) is 13.8. The number of carboxylic acids is 2. The summed E-state index contributed by atoms with van der Waals surface area (Å²) in [4.78, 5) is 49.5. The minimum absolute atomic E-state index is 0.0279. The largest absolute Gasteiger partial charge is 0.478 e. The van der Waals surface area contributed by atoms with Crippen LogP contribution in [0.15, 0.2) is 24.3 Å². The molecule has 0 saturated heterocycles. The number of hydrogen-bond acceptors (Lipinski definition) is 5. The van der Waals surface area contributed by atoms with Crippen molar-refractivity contribution in [3.63, 3.8) is 0 Å². The van der Waals surface area contributed by atoms with Gasteiger partial charge < -0.3 is 14.9 Å². The van der Waals surface area contributed by atoms with Gasteiger partial charge in [0.2, 0.25) is 0 Å². The van der Waals surface area contributed by atoms with Gasteiger partial charge in [-0.05, 0) is 23.9 Å². The summed E-state index contributed by atoms with van der Waals surface area (Å²) < 4.78 is 4.92. The Morgan fingerprint density at radius 2 is 1.77 bits per heavy atom. The highest BCUT2D eigenvalue weighted by molar-refractivity contribution is 6.29. The lowest BCUT2D eigenvalue weighted by Gasteiger charge is -2.13. The van der Waals surface area contributed by atoms with Crippen LogP contribution in [0.1, 0.15) is 47.9 Å². The first-order valence-electron chi connectivity index (χ1n) is 7.80. The van der Waals surface area contributed by atoms with E-state index in [2.05, 4.69) is 0 Å². The summed E-state index contributed by atoms with van der Waals surface area (Å²) in [5, 5.41) is 19.0. The van der Waals surface area contributed by atoms with E-state index in [1.54, 1.807) is 0 Å². The van der Waals surface area contributed by atoms with Crippen LogP contribution in [0.5, 0.6) is 0 Å². The van der Waals surface area contributed by atoms with Gasteiger partial charge in [0.15, 0.2) is 0 Å². The average Bonchev–Trinajstić information content (AvgIpc) is 2.85. The Hall–Kier alpha value is -3.26. The second-order valence-electron chi connectivity index (χ2n) is 5.79. The molecule has 2 amide bonds. The molecular formula is C18H15NO7. The van der Waals surface area contributed by atoms with E-state index >= 15 is 0 Å². The third kappa shape index (κ3) is 2.60. The van der Waals surface area contributed by atoms with Crippen LogP contribution in [0.25, 0.3) is 10.8 Å². The van der Waals surface area contributed by atoms with Gasteiger partial charge in [-0.2, -0.15) is 0 Å². The fourth-order valence-corrected chi connectivity index (χ4v) is 3.17. The van der Waals surface area contributed by atoms with E-state index in [1.165, 1.54) is 25.3 Å². The van der Waals surface area contributed by atoms with Crippen LogP contribution in [0.4, 0.5) is 0 Å². The lowest BCUT2D eigenvalue weighted by molar-refractivity contribution is 0.0635. The third-order valence-corrected chi connectivity index (χ3v) is 4.29. The summed E-state index contributed by atoms with van der Waals surface area (Å²) in [5.74, 6) is -3.84. The molecule has 134 valence electrons. The number of hydrogen-bond donors (Lipinski definition) is 2. The lowest BCUT2D eigenvalue weighted by atomic mass is 9.92. The minimum Gasteiger partial charge on any atom is -0.478 e. The van der Waals surface area contributed by atoms with Gasteiger partial charge in [-0.15, -0.1) is 0 Å². The van der Waals surface area contributed by atoms with Crippen molar-refractivity contribution in [3.05, 3.63) is 46.5 Å². The Kier molecular flexibility index (Phi) is 4.43. The first-order valence-corrected chi connectivity index (χ1v) is 7.80. The number of carbonyl (C=O) groups is 4. The number of nitrogens with zero attached hydrogens (tertiary/aromatic N) is 1. The minimum atomic E-state index is -1.37. The molecule has 1 heterocycles. The number of rotatable bonds is 6. The Balaban J connectivity index is 2.26. The summed E-state index contributed by atoms with van der Waals surface area (Å²) in [6.07, 6.45) is 0.437. The molecule has 0 spiro atoms. The fourth-order valence-electron chi connectivity index (χ4n) is 3.17. The predicted octanol–water partition coefficient (Wildman–Crippen LogP) is 1.87. The van der Waals surface area contributed by atoms with Gasteiger partial charge in [-0.3, -0.25) is 14.5 Å². The molecule has 2 aromatic carbocycles. The maximum Gasteiger partial charge on any atom is 0.336 e. The van der Waals surface area contributed by atoms with Crippen LogP contribution in [0.3, 0.4) is 0 Å². The Morgan fingerprint density at radius 3 is 2.38 bits per heavy atom. The molecule has 3 rings (SSSR count). The van der Waals surface area contributed by atoms with Gasteiger partial charge in [0.25, 0.3) is 11.8 Å². The summed E-state index contributed by atoms with van der Waals surface area (Å²) in [6, 6.07) is 5.23. The number of imide groups is 1. The predicted molar refractivity (Wildman–Crippen MR) is 89.7 cm³/mol. The van der Waals surface area contributed by atoms with Crippen molar-refractivity contribution >= 4 is 34.5 Å². The standard InChI is InChI=1S/C18H15NO7/c1-26-7-3-6-19-15(20)11-8-12(18(24)25)13-9(14(11)16(19)21)4-2-5-10(13)17(22)23/h2,4-5,8H,3,6-7H2,1H3,(H,22,23)(H,24,25). The van der Waals surface area contributed by atoms with Gasteiger partial charge >= 0.3 is 11.9 Å². The molecule has 0 bridgehead atoms. The Morgan fingerprint density at radius 1 is 1.08 bits per heavy atom. The Labute approximate surface area is 147 Å². The average molecular weight is 357 g/mol. The van der Waals surface area contributed by atoms with Gasteiger partial charge in [-0.1, -0.05) is 12.1 Å². The normalized spacial score (nSPS) is 13.3. The highest BCUT2D eigenvalue weighted by atomic mass is 16.5. The van der Waals surface area contributed by atoms with Crippen LogP contribution in [0, 0.1) is 0 Å². The number of fused-ring (bicyclic) bond motifs is 3. The molecule has 1 aliphatic heterocycles. The Bertz CT molecular complexity index is 964. The van der Waals surface area contributed by atoms with Crippen LogP contribution in [-0.2, 0) is 4.74 Å². The summed E-state index contributed by atoms with van der Waals surface area (Å²) in [7, 11) is 1.50. The molecule has 8 nitrogen and oxygen atoms in total. The molecule has 0 unspecified atom stereocenters. The maximum atomic E-state index is 12.7. The van der Waals surface area contributed by atoms with Gasteiger partial charge in [-0.25, -0.2) is 9.59 Å². The smallest absolute Gasteiger partial charge is 0.336 e. The van der Waals surface area contributed by atoms with E-state index in [4.69, 9.17) is 4.74 Å². The van der Waals surface area contributed by atoms with Crippen molar-refractivity contribution in [1.29, 1.82) is 0 Å². The highest BCUT2D eigenvalue weighted by Gasteiger charge is 2.38. The van der Waals surface area contributed by atoms with E-state index in [9.17, 15) is 29.4 Å². The van der Waals surface area contributed by atoms with Crippen molar-refractivity contribution in [1.82, 2.24) is 4.90 Å². The molecule has 0 saturated carbocycles. The summed E-state index contributed by atoms with van der Waals surface area (Å²) in [5.41, 5.74) is -0.548. The van der Waals surface area contributed by atoms with Gasteiger partial charge in [0, 0.05) is 25.6 Å². The van der Waals surface area contributed by atoms with Crippen molar-refractivity contribution in [2.75, 3.05) is 20.3 Å². The number of benzene rings is 2. The summed E-state index contributed by atoms with van der Waals surface area (Å²) in [6.45, 7) is 0.487. The number of aromatic carboxylic acids is 2. The SMILES string of the molecule is COCCCN1C(=O)c2cc(C(=O)O)c3c(C(=O)O)cccc3c2C1=O. The first-order chi connectivity index (χ1) is 12.4. The summed E-state index contributed by atoms with van der Waals surface area (Å²) >= 11 is 0. The van der Waals surface area contributed by atoms with Crippen LogP contribution in [-0.4, -0.2) is 59.1 Å². The number of amides is 2. The molecule has 0 aromatic heterocycles. The number of methoxy groups -OCH3 is 1. The van der Waals surface area contributed by atoms with Crippen LogP contribution < -0.4 is 0 Å². The van der Waals surface area contributed by atoms with Crippen molar-refractivity contribution in [2.24, 2.45) is 0 Å². The number of carbonyl (C=O) groups excluding carboxylic acids is 2. The van der Waals surface area contributed by atoms with E-state index < -0.39 is 23.8 Å². The third-order valence-electron chi connectivity index (χ3n) is 4.29. The van der Waals surface area contributed by atoms with Crippen molar-refractivity contribution in [3.8, 4) is 0 Å². The van der Waals surface area contributed by atoms with Crippen LogP contribution >= 0.6 is 0 Å². The van der Waals surface area contributed by atoms with E-state index in [0.29, 0.717) is 13.0 Å². The molecule has 8 heteroatoms. The molecule has 2 N–H and O–H groups in total. The molecular weight excluding hydrogens is 342 g/mol. The second kappa shape index (κ2) is 6.57. The quantitative estimate of drug-likeness (QED) is 0.598. The second-order valence-corrected chi connectivity index (χ2v) is 5.79. The number of carboxylic acid groups (broad SMARTS) is 2. The maximum absolute atomic E-state index is 12.7. The van der Waals surface area contributed by atoms with E-state index in [1.807, 2.05) is 0 Å².